The van der Waals surface area contributed by atoms with Crippen LogP contribution in [0.4, 0.5) is 18.0 Å². The molecule has 0 saturated heterocycles. The summed E-state index contributed by atoms with van der Waals surface area (Å²) in [5.74, 6) is -0.944. The van der Waals surface area contributed by atoms with Crippen molar-refractivity contribution in [3.63, 3.8) is 0 Å². The van der Waals surface area contributed by atoms with Crippen molar-refractivity contribution in [2.75, 3.05) is 6.54 Å². The normalized spacial score (nSPS) is 12.5. The maximum atomic E-state index is 12.4. The van der Waals surface area contributed by atoms with Crippen molar-refractivity contribution in [1.82, 2.24) is 10.6 Å². The number of carboxylic acid groups (broad SMARTS) is 1. The van der Waals surface area contributed by atoms with Gasteiger partial charge in [0.05, 0.1) is 11.6 Å². The summed E-state index contributed by atoms with van der Waals surface area (Å²) < 4.78 is 37.3. The van der Waals surface area contributed by atoms with Crippen LogP contribution in [0.3, 0.4) is 0 Å². The number of amides is 2. The number of nitrogens with one attached hydrogen (secondary N) is 2. The molecule has 5 nitrogen and oxygen atoms in total. The van der Waals surface area contributed by atoms with Gasteiger partial charge >= 0.3 is 18.2 Å². The fourth-order valence-corrected chi connectivity index (χ4v) is 1.73. The van der Waals surface area contributed by atoms with Crippen molar-refractivity contribution < 1.29 is 27.9 Å². The van der Waals surface area contributed by atoms with Crippen LogP contribution in [0.15, 0.2) is 24.3 Å². The second-order valence-electron chi connectivity index (χ2n) is 4.74. The van der Waals surface area contributed by atoms with Gasteiger partial charge < -0.3 is 15.7 Å². The van der Waals surface area contributed by atoms with Crippen LogP contribution in [-0.2, 0) is 11.0 Å². The minimum Gasteiger partial charge on any atom is -0.481 e. The highest BCUT2D eigenvalue weighted by Crippen LogP contribution is 2.29. The molecule has 0 radical (unpaired) electrons. The largest absolute Gasteiger partial charge is 0.481 e. The van der Waals surface area contributed by atoms with Gasteiger partial charge in [-0.05, 0) is 31.0 Å². The van der Waals surface area contributed by atoms with E-state index >= 15 is 0 Å². The number of benzene rings is 1. The highest BCUT2D eigenvalue weighted by atomic mass is 19.4. The van der Waals surface area contributed by atoms with Crippen molar-refractivity contribution in [3.05, 3.63) is 35.4 Å². The summed E-state index contributed by atoms with van der Waals surface area (Å²) in [6.07, 6.45) is -4.14. The zero-order valence-electron chi connectivity index (χ0n) is 11.9. The molecule has 122 valence electrons. The third-order valence-electron chi connectivity index (χ3n) is 2.94. The van der Waals surface area contributed by atoms with Crippen molar-refractivity contribution in [3.8, 4) is 0 Å². The fourth-order valence-electron chi connectivity index (χ4n) is 1.73. The van der Waals surface area contributed by atoms with Crippen molar-refractivity contribution in [1.29, 1.82) is 0 Å². The SMILES string of the molecule is C[C@@H](NC(=O)NCCCC(=O)O)c1ccc(C(F)(F)F)cc1. The molecule has 0 spiro atoms. The average molecular weight is 318 g/mol. The zero-order chi connectivity index (χ0) is 16.8. The molecule has 0 aliphatic rings. The molecule has 0 fully saturated rings. The molecule has 1 aromatic rings. The first-order chi connectivity index (χ1) is 10.2. The molecule has 8 heteroatoms. The Morgan fingerprint density at radius 2 is 1.82 bits per heavy atom. The number of halogens is 3. The first kappa shape index (κ1) is 17.8. The Bertz CT molecular complexity index is 515. The molecular weight excluding hydrogens is 301 g/mol. The molecule has 3 N–H and O–H groups in total. The van der Waals surface area contributed by atoms with E-state index in [-0.39, 0.29) is 13.0 Å². The van der Waals surface area contributed by atoms with Crippen LogP contribution in [0.1, 0.15) is 36.9 Å². The summed E-state index contributed by atoms with van der Waals surface area (Å²) in [5.41, 5.74) is -0.213. The summed E-state index contributed by atoms with van der Waals surface area (Å²) in [7, 11) is 0. The second kappa shape index (κ2) is 7.67. The molecule has 1 atom stereocenters. The van der Waals surface area contributed by atoms with Gasteiger partial charge in [0, 0.05) is 13.0 Å². The van der Waals surface area contributed by atoms with E-state index in [4.69, 9.17) is 5.11 Å². The molecule has 2 amide bonds. The Kier molecular flexibility index (Phi) is 6.21. The van der Waals surface area contributed by atoms with Gasteiger partial charge in [-0.2, -0.15) is 13.2 Å². The molecule has 1 rings (SSSR count). The van der Waals surface area contributed by atoms with Crippen molar-refractivity contribution in [2.24, 2.45) is 0 Å². The highest BCUT2D eigenvalue weighted by Gasteiger charge is 2.30. The Balaban J connectivity index is 2.46. The minimum atomic E-state index is -4.39. The van der Waals surface area contributed by atoms with Crippen LogP contribution in [0, 0.1) is 0 Å². The number of hydrogen-bond donors (Lipinski definition) is 3. The maximum absolute atomic E-state index is 12.4. The minimum absolute atomic E-state index is 0.0469. The molecule has 0 saturated carbocycles. The molecule has 0 unspecified atom stereocenters. The lowest BCUT2D eigenvalue weighted by Gasteiger charge is -2.16. The van der Waals surface area contributed by atoms with E-state index in [1.54, 1.807) is 6.92 Å². The third kappa shape index (κ3) is 6.02. The van der Waals surface area contributed by atoms with Crippen LogP contribution in [-0.4, -0.2) is 23.7 Å². The van der Waals surface area contributed by atoms with Gasteiger partial charge in [-0.15, -0.1) is 0 Å². The Morgan fingerprint density at radius 1 is 1.23 bits per heavy atom. The number of alkyl halides is 3. The lowest BCUT2D eigenvalue weighted by atomic mass is 10.1. The Morgan fingerprint density at radius 3 is 2.32 bits per heavy atom. The molecule has 0 aromatic heterocycles. The Labute approximate surface area is 125 Å². The lowest BCUT2D eigenvalue weighted by Crippen LogP contribution is -2.37. The van der Waals surface area contributed by atoms with Gasteiger partial charge in [0.1, 0.15) is 0 Å². The summed E-state index contributed by atoms with van der Waals surface area (Å²) >= 11 is 0. The van der Waals surface area contributed by atoms with Crippen molar-refractivity contribution in [2.45, 2.75) is 32.0 Å². The van der Waals surface area contributed by atoms with E-state index in [2.05, 4.69) is 10.6 Å². The average Bonchev–Trinajstić information content (AvgIpc) is 2.42. The number of aliphatic carboxylic acids is 1. The summed E-state index contributed by atoms with van der Waals surface area (Å²) in [6, 6.07) is 3.55. The third-order valence-corrected chi connectivity index (χ3v) is 2.94. The van der Waals surface area contributed by atoms with Crippen LogP contribution in [0.5, 0.6) is 0 Å². The maximum Gasteiger partial charge on any atom is 0.416 e. The predicted molar refractivity (Wildman–Crippen MR) is 73.3 cm³/mol. The van der Waals surface area contributed by atoms with Gasteiger partial charge in [-0.1, -0.05) is 12.1 Å². The topological polar surface area (TPSA) is 78.4 Å². The van der Waals surface area contributed by atoms with Gasteiger partial charge in [0.15, 0.2) is 0 Å². The molecule has 0 heterocycles. The van der Waals surface area contributed by atoms with E-state index in [1.165, 1.54) is 12.1 Å². The number of carbonyl (C=O) groups is 2. The van der Waals surface area contributed by atoms with Crippen LogP contribution in [0.25, 0.3) is 0 Å². The highest BCUT2D eigenvalue weighted by molar-refractivity contribution is 5.74. The molecular formula is C14H17F3N2O3. The molecule has 22 heavy (non-hydrogen) atoms. The van der Waals surface area contributed by atoms with E-state index < -0.39 is 29.8 Å². The smallest absolute Gasteiger partial charge is 0.416 e. The predicted octanol–water partition coefficient (Wildman–Crippen LogP) is 2.93. The second-order valence-corrected chi connectivity index (χ2v) is 4.74. The van der Waals surface area contributed by atoms with Gasteiger partial charge in [0.2, 0.25) is 0 Å². The summed E-state index contributed by atoms with van der Waals surface area (Å²) in [4.78, 5) is 21.8. The van der Waals surface area contributed by atoms with Gasteiger partial charge in [-0.3, -0.25) is 4.79 Å². The molecule has 0 aliphatic heterocycles. The monoisotopic (exact) mass is 318 g/mol. The summed E-state index contributed by atoms with van der Waals surface area (Å²) in [6.45, 7) is 1.84. The number of carbonyl (C=O) groups excluding carboxylic acids is 1. The zero-order valence-corrected chi connectivity index (χ0v) is 11.9. The standard InChI is InChI=1S/C14H17F3N2O3/c1-9(19-13(22)18-8-2-3-12(20)21)10-4-6-11(7-5-10)14(15,16)17/h4-7,9H,2-3,8H2,1H3,(H,20,21)(H2,18,19,22)/t9-/m1/s1. The van der Waals surface area contributed by atoms with Crippen molar-refractivity contribution >= 4 is 12.0 Å². The van der Waals surface area contributed by atoms with Gasteiger partial charge in [0.25, 0.3) is 0 Å². The summed E-state index contributed by atoms with van der Waals surface area (Å²) in [5, 5.41) is 13.5. The number of carboxylic acids is 1. The van der Waals surface area contributed by atoms with E-state index in [1.807, 2.05) is 0 Å². The Hall–Kier alpha value is -2.25. The quantitative estimate of drug-likeness (QED) is 0.706. The first-order valence-corrected chi connectivity index (χ1v) is 6.63. The van der Waals surface area contributed by atoms with E-state index in [0.717, 1.165) is 12.1 Å². The number of hydrogen-bond acceptors (Lipinski definition) is 2. The van der Waals surface area contributed by atoms with Crippen LogP contribution < -0.4 is 10.6 Å². The fraction of sp³-hybridized carbons (Fsp3) is 0.429. The van der Waals surface area contributed by atoms with E-state index in [0.29, 0.717) is 12.0 Å². The molecule has 0 aliphatic carbocycles. The van der Waals surface area contributed by atoms with Gasteiger partial charge in [-0.25, -0.2) is 4.79 Å². The van der Waals surface area contributed by atoms with Crippen LogP contribution in [0.2, 0.25) is 0 Å². The van der Waals surface area contributed by atoms with Crippen LogP contribution >= 0.6 is 0 Å². The number of rotatable bonds is 6. The van der Waals surface area contributed by atoms with E-state index in [9.17, 15) is 22.8 Å². The molecule has 1 aromatic carbocycles. The molecule has 0 bridgehead atoms. The first-order valence-electron chi connectivity index (χ1n) is 6.63. The lowest BCUT2D eigenvalue weighted by molar-refractivity contribution is -0.138. The number of urea groups is 1.